The van der Waals surface area contributed by atoms with Crippen LogP contribution in [0.5, 0.6) is 11.5 Å². The zero-order valence-electron chi connectivity index (χ0n) is 12.5. The molecule has 0 saturated carbocycles. The Labute approximate surface area is 177 Å². The van der Waals surface area contributed by atoms with Gasteiger partial charge in [0.2, 0.25) is 0 Å². The fraction of sp³-hybridized carbons (Fsp3) is 0.250. The van der Waals surface area contributed by atoms with Gasteiger partial charge in [-0.2, -0.15) is 0 Å². The second kappa shape index (κ2) is 7.36. The molecule has 0 aliphatic heterocycles. The Morgan fingerprint density at radius 1 is 0.652 bits per heavy atom. The normalized spacial score (nSPS) is 11.1. The number of halogens is 5. The quantitative estimate of drug-likeness (QED) is 0.333. The lowest BCUT2D eigenvalue weighted by Gasteiger charge is -2.21. The molecule has 2 N–H and O–H groups in total. The van der Waals surface area contributed by atoms with E-state index in [4.69, 9.17) is 0 Å². The van der Waals surface area contributed by atoms with Crippen molar-refractivity contribution in [2.24, 2.45) is 0 Å². The summed E-state index contributed by atoms with van der Waals surface area (Å²) in [4.78, 5) is 0. The SMILES string of the molecule is Cc1c(O)c(C)c(Br)c(-c2c(Br)c(C)c(O)c(CBr)c2Br)c1Br. The van der Waals surface area contributed by atoms with E-state index in [2.05, 4.69) is 79.6 Å². The highest BCUT2D eigenvalue weighted by Gasteiger charge is 2.25. The maximum Gasteiger partial charge on any atom is 0.124 e. The smallest absolute Gasteiger partial charge is 0.124 e. The molecule has 0 amide bonds. The van der Waals surface area contributed by atoms with Crippen LogP contribution in [0.4, 0.5) is 0 Å². The van der Waals surface area contributed by atoms with Crippen molar-refractivity contribution < 1.29 is 10.2 Å². The van der Waals surface area contributed by atoms with Crippen LogP contribution in [-0.2, 0) is 5.33 Å². The number of alkyl halides is 1. The number of aromatic hydroxyl groups is 2. The van der Waals surface area contributed by atoms with E-state index in [0.29, 0.717) is 5.33 Å². The van der Waals surface area contributed by atoms with Crippen LogP contribution in [0.25, 0.3) is 11.1 Å². The molecule has 0 aliphatic rings. The molecule has 0 aromatic heterocycles. The Bertz CT molecular complexity index is 786. The minimum atomic E-state index is 0.254. The minimum Gasteiger partial charge on any atom is -0.507 e. The lowest BCUT2D eigenvalue weighted by atomic mass is 9.96. The van der Waals surface area contributed by atoms with Crippen LogP contribution in [0.1, 0.15) is 22.3 Å². The monoisotopic (exact) mass is 632 g/mol. The molecule has 7 heteroatoms. The maximum atomic E-state index is 10.4. The van der Waals surface area contributed by atoms with E-state index in [-0.39, 0.29) is 11.5 Å². The number of hydrogen-bond acceptors (Lipinski definition) is 2. The third-order valence-electron chi connectivity index (χ3n) is 3.87. The van der Waals surface area contributed by atoms with E-state index in [1.54, 1.807) is 0 Å². The molecule has 0 aliphatic carbocycles. The van der Waals surface area contributed by atoms with Crippen molar-refractivity contribution in [1.29, 1.82) is 0 Å². The highest BCUT2D eigenvalue weighted by Crippen LogP contribution is 2.52. The lowest BCUT2D eigenvalue weighted by Crippen LogP contribution is -1.97. The van der Waals surface area contributed by atoms with Gasteiger partial charge in [0.1, 0.15) is 11.5 Å². The fourth-order valence-electron chi connectivity index (χ4n) is 2.39. The number of rotatable bonds is 2. The molecule has 2 rings (SSSR count). The summed E-state index contributed by atoms with van der Waals surface area (Å²) < 4.78 is 3.21. The third-order valence-corrected chi connectivity index (χ3v) is 8.28. The first-order chi connectivity index (χ1) is 10.6. The molecule has 0 radical (unpaired) electrons. The van der Waals surface area contributed by atoms with Crippen LogP contribution in [0, 0.1) is 20.8 Å². The predicted molar refractivity (Wildman–Crippen MR) is 113 cm³/mol. The van der Waals surface area contributed by atoms with Gasteiger partial charge in [-0.05, 0) is 84.5 Å². The van der Waals surface area contributed by atoms with Gasteiger partial charge in [-0.15, -0.1) is 0 Å². The largest absolute Gasteiger partial charge is 0.507 e. The van der Waals surface area contributed by atoms with Gasteiger partial charge in [0.05, 0.1) is 0 Å². The average molecular weight is 637 g/mol. The van der Waals surface area contributed by atoms with Gasteiger partial charge < -0.3 is 10.2 Å². The van der Waals surface area contributed by atoms with Gasteiger partial charge in [0.25, 0.3) is 0 Å². The Morgan fingerprint density at radius 3 is 1.39 bits per heavy atom. The number of hydrogen-bond donors (Lipinski definition) is 2. The summed E-state index contributed by atoms with van der Waals surface area (Å²) in [6, 6.07) is 0. The van der Waals surface area contributed by atoms with Crippen LogP contribution < -0.4 is 0 Å². The van der Waals surface area contributed by atoms with Gasteiger partial charge in [-0.3, -0.25) is 0 Å². The highest BCUT2D eigenvalue weighted by molar-refractivity contribution is 9.11. The van der Waals surface area contributed by atoms with Crippen LogP contribution >= 0.6 is 79.6 Å². The topological polar surface area (TPSA) is 40.5 Å². The molecular weight excluding hydrogens is 624 g/mol. The first-order valence-corrected chi connectivity index (χ1v) is 10.9. The molecule has 0 atom stereocenters. The Morgan fingerprint density at radius 2 is 1.00 bits per heavy atom. The minimum absolute atomic E-state index is 0.254. The molecule has 0 fully saturated rings. The van der Waals surface area contributed by atoms with Gasteiger partial charge >= 0.3 is 0 Å². The molecule has 0 heterocycles. The van der Waals surface area contributed by atoms with Crippen molar-refractivity contribution in [3.8, 4) is 22.6 Å². The second-order valence-corrected chi connectivity index (χ2v) is 8.92. The summed E-state index contributed by atoms with van der Waals surface area (Å²) >= 11 is 17.9. The molecule has 0 spiro atoms. The van der Waals surface area contributed by atoms with Crippen molar-refractivity contribution in [2.45, 2.75) is 26.1 Å². The van der Waals surface area contributed by atoms with E-state index in [9.17, 15) is 10.2 Å². The number of phenols is 2. The standard InChI is InChI=1S/C16H13Br5O2/c1-5-11(18)9(12(19)6(2)15(5)22)10-13(20)7(3)16(23)8(4-17)14(10)21/h22-23H,4H2,1-3H3. The maximum absolute atomic E-state index is 10.4. The molecular formula is C16H13Br5O2. The summed E-state index contributed by atoms with van der Waals surface area (Å²) in [5.74, 6) is 0.514. The first kappa shape index (κ1) is 19.8. The first-order valence-electron chi connectivity index (χ1n) is 6.57. The van der Waals surface area contributed by atoms with Crippen LogP contribution in [0.3, 0.4) is 0 Å². The van der Waals surface area contributed by atoms with Crippen molar-refractivity contribution in [2.75, 3.05) is 0 Å². The van der Waals surface area contributed by atoms with Gasteiger partial charge in [0.15, 0.2) is 0 Å². The molecule has 2 nitrogen and oxygen atoms in total. The zero-order valence-corrected chi connectivity index (χ0v) is 20.4. The summed E-state index contributed by atoms with van der Waals surface area (Å²) in [5.41, 5.74) is 4.92. The van der Waals surface area contributed by atoms with E-state index >= 15 is 0 Å². The van der Waals surface area contributed by atoms with Crippen molar-refractivity contribution in [3.05, 3.63) is 40.1 Å². The molecule has 0 unspecified atom stereocenters. The summed E-state index contributed by atoms with van der Waals surface area (Å²) in [6.45, 7) is 5.59. The van der Waals surface area contributed by atoms with Crippen LogP contribution in [0.2, 0.25) is 0 Å². The zero-order chi connectivity index (χ0) is 17.6. The van der Waals surface area contributed by atoms with Crippen LogP contribution in [0.15, 0.2) is 17.9 Å². The number of phenolic OH excluding ortho intramolecular Hbond substituents is 2. The Kier molecular flexibility index (Phi) is 6.32. The van der Waals surface area contributed by atoms with Crippen molar-refractivity contribution in [1.82, 2.24) is 0 Å². The van der Waals surface area contributed by atoms with E-state index in [1.807, 2.05) is 20.8 Å². The molecule has 2 aromatic carbocycles. The average Bonchev–Trinajstić information content (AvgIpc) is 2.52. The van der Waals surface area contributed by atoms with Gasteiger partial charge in [-0.25, -0.2) is 0 Å². The van der Waals surface area contributed by atoms with Crippen LogP contribution in [-0.4, -0.2) is 10.2 Å². The Hall–Kier alpha value is 0.440. The number of benzene rings is 2. The second-order valence-electron chi connectivity index (χ2n) is 5.19. The molecule has 124 valence electrons. The van der Waals surface area contributed by atoms with Gasteiger partial charge in [-0.1, -0.05) is 15.9 Å². The Balaban J connectivity index is 3.03. The summed E-state index contributed by atoms with van der Waals surface area (Å²) in [7, 11) is 0. The summed E-state index contributed by atoms with van der Waals surface area (Å²) in [5, 5.41) is 21.1. The lowest BCUT2D eigenvalue weighted by molar-refractivity contribution is 0.465. The predicted octanol–water partition coefficient (Wildman–Crippen LogP) is 7.63. The van der Waals surface area contributed by atoms with Crippen molar-refractivity contribution >= 4 is 79.6 Å². The van der Waals surface area contributed by atoms with E-state index < -0.39 is 0 Å². The van der Waals surface area contributed by atoms with Gasteiger partial charge in [0, 0.05) is 56.6 Å². The summed E-state index contributed by atoms with van der Waals surface area (Å²) in [6.07, 6.45) is 0. The van der Waals surface area contributed by atoms with E-state index in [0.717, 1.165) is 51.3 Å². The van der Waals surface area contributed by atoms with Crippen molar-refractivity contribution in [3.63, 3.8) is 0 Å². The molecule has 2 aromatic rings. The van der Waals surface area contributed by atoms with E-state index in [1.165, 1.54) is 0 Å². The molecule has 0 saturated heterocycles. The molecule has 0 bridgehead atoms. The molecule has 23 heavy (non-hydrogen) atoms. The highest BCUT2D eigenvalue weighted by atomic mass is 79.9. The third kappa shape index (κ3) is 3.16. The fourth-order valence-corrected chi connectivity index (χ4v) is 6.32.